The zero-order chi connectivity index (χ0) is 12.5. The van der Waals surface area contributed by atoms with Gasteiger partial charge in [0.25, 0.3) is 5.91 Å². The van der Waals surface area contributed by atoms with Gasteiger partial charge >= 0.3 is 0 Å². The third-order valence-electron chi connectivity index (χ3n) is 3.54. The van der Waals surface area contributed by atoms with Gasteiger partial charge in [0.1, 0.15) is 4.88 Å². The Morgan fingerprint density at radius 2 is 2.39 bits per heavy atom. The Bertz CT molecular complexity index is 444. The number of ether oxygens (including phenoxy) is 1. The van der Waals surface area contributed by atoms with E-state index in [1.807, 2.05) is 0 Å². The molecule has 2 N–H and O–H groups in total. The molecule has 1 aliphatic heterocycles. The molecule has 0 radical (unpaired) electrons. The minimum Gasteiger partial charge on any atom is -0.378 e. The molecule has 3 rings (SSSR count). The Morgan fingerprint density at radius 1 is 1.56 bits per heavy atom. The van der Waals surface area contributed by atoms with Gasteiger partial charge < -0.3 is 15.4 Å². The second-order valence-electron chi connectivity index (χ2n) is 4.85. The summed E-state index contributed by atoms with van der Waals surface area (Å²) in [5.41, 5.74) is 2.75. The Morgan fingerprint density at radius 3 is 3.11 bits per heavy atom. The number of amides is 1. The van der Waals surface area contributed by atoms with E-state index in [0.29, 0.717) is 5.92 Å². The van der Waals surface area contributed by atoms with Gasteiger partial charge in [-0.2, -0.15) is 0 Å². The van der Waals surface area contributed by atoms with E-state index in [2.05, 4.69) is 15.6 Å². The predicted octanol–water partition coefficient (Wildman–Crippen LogP) is 0.737. The Labute approximate surface area is 110 Å². The summed E-state index contributed by atoms with van der Waals surface area (Å²) in [6, 6.07) is 0.0525. The lowest BCUT2D eigenvalue weighted by molar-refractivity contribution is 0.0782. The van der Waals surface area contributed by atoms with Crippen LogP contribution in [0.15, 0.2) is 5.51 Å². The number of methoxy groups -OCH3 is 1. The second kappa shape index (κ2) is 4.95. The molecule has 18 heavy (non-hydrogen) atoms. The van der Waals surface area contributed by atoms with Crippen molar-refractivity contribution in [1.82, 2.24) is 15.6 Å². The van der Waals surface area contributed by atoms with E-state index in [9.17, 15) is 4.79 Å². The summed E-state index contributed by atoms with van der Waals surface area (Å²) in [4.78, 5) is 17.4. The maximum atomic E-state index is 12.3. The zero-order valence-corrected chi connectivity index (χ0v) is 11.1. The van der Waals surface area contributed by atoms with Crippen molar-refractivity contribution in [2.24, 2.45) is 0 Å². The van der Waals surface area contributed by atoms with Crippen LogP contribution in [0.2, 0.25) is 0 Å². The quantitative estimate of drug-likeness (QED) is 0.844. The number of rotatable bonds is 4. The standard InChI is InChI=1S/C12H17N3O2S/c1-17-9-5-13-4-8(9)15-12(16)11-10(7-2-3-7)14-6-18-11/h6-9,13H,2-5H2,1H3,(H,15,16)/t8?,9-/m0/s1. The fraction of sp³-hybridized carbons (Fsp3) is 0.667. The number of nitrogens with one attached hydrogen (secondary N) is 2. The van der Waals surface area contributed by atoms with E-state index in [0.717, 1.165) is 36.5 Å². The molecular formula is C12H17N3O2S. The van der Waals surface area contributed by atoms with Gasteiger partial charge in [0.2, 0.25) is 0 Å². The molecule has 5 nitrogen and oxygen atoms in total. The van der Waals surface area contributed by atoms with Crippen LogP contribution in [-0.2, 0) is 4.74 Å². The number of nitrogens with zero attached hydrogens (tertiary/aromatic N) is 1. The van der Waals surface area contributed by atoms with E-state index < -0.39 is 0 Å². The van der Waals surface area contributed by atoms with Crippen LogP contribution in [-0.4, -0.2) is 43.2 Å². The van der Waals surface area contributed by atoms with Crippen molar-refractivity contribution in [1.29, 1.82) is 0 Å². The van der Waals surface area contributed by atoms with E-state index >= 15 is 0 Å². The molecular weight excluding hydrogens is 250 g/mol. The van der Waals surface area contributed by atoms with Crippen molar-refractivity contribution in [2.75, 3.05) is 20.2 Å². The van der Waals surface area contributed by atoms with Gasteiger partial charge in [0, 0.05) is 26.1 Å². The van der Waals surface area contributed by atoms with E-state index in [-0.39, 0.29) is 18.1 Å². The molecule has 0 spiro atoms. The van der Waals surface area contributed by atoms with Crippen LogP contribution in [0.1, 0.15) is 34.1 Å². The van der Waals surface area contributed by atoms with Crippen LogP contribution in [0.4, 0.5) is 0 Å². The first-order valence-corrected chi connectivity index (χ1v) is 7.15. The molecule has 1 unspecified atom stereocenters. The van der Waals surface area contributed by atoms with Crippen LogP contribution in [0, 0.1) is 0 Å². The summed E-state index contributed by atoms with van der Waals surface area (Å²) >= 11 is 1.43. The van der Waals surface area contributed by atoms with Gasteiger partial charge in [-0.05, 0) is 12.8 Å². The summed E-state index contributed by atoms with van der Waals surface area (Å²) < 4.78 is 5.34. The minimum atomic E-state index is -0.00449. The number of aromatic nitrogens is 1. The fourth-order valence-corrected chi connectivity index (χ4v) is 3.13. The Hall–Kier alpha value is -0.980. The highest BCUT2D eigenvalue weighted by Crippen LogP contribution is 2.41. The average molecular weight is 267 g/mol. The molecule has 1 aromatic rings. The fourth-order valence-electron chi connectivity index (χ4n) is 2.35. The molecule has 1 saturated heterocycles. The third kappa shape index (κ3) is 2.28. The van der Waals surface area contributed by atoms with Crippen LogP contribution < -0.4 is 10.6 Å². The smallest absolute Gasteiger partial charge is 0.263 e. The van der Waals surface area contributed by atoms with Crippen molar-refractivity contribution in [3.63, 3.8) is 0 Å². The molecule has 2 fully saturated rings. The minimum absolute atomic E-state index is 0.00449. The van der Waals surface area contributed by atoms with Gasteiger partial charge in [0.05, 0.1) is 23.4 Å². The van der Waals surface area contributed by atoms with Gasteiger partial charge in [-0.3, -0.25) is 4.79 Å². The normalized spacial score (nSPS) is 27.4. The molecule has 2 atom stereocenters. The first-order chi connectivity index (χ1) is 8.79. The third-order valence-corrected chi connectivity index (χ3v) is 4.38. The molecule has 1 amide bonds. The van der Waals surface area contributed by atoms with Crippen molar-refractivity contribution in [3.05, 3.63) is 16.1 Å². The maximum Gasteiger partial charge on any atom is 0.263 e. The van der Waals surface area contributed by atoms with Gasteiger partial charge in [-0.1, -0.05) is 0 Å². The van der Waals surface area contributed by atoms with E-state index in [4.69, 9.17) is 4.74 Å². The predicted molar refractivity (Wildman–Crippen MR) is 69.0 cm³/mol. The second-order valence-corrected chi connectivity index (χ2v) is 5.71. The summed E-state index contributed by atoms with van der Waals surface area (Å²) in [7, 11) is 1.68. The lowest BCUT2D eigenvalue weighted by Gasteiger charge is -2.18. The van der Waals surface area contributed by atoms with Gasteiger partial charge in [-0.25, -0.2) is 4.98 Å². The largest absolute Gasteiger partial charge is 0.378 e. The molecule has 6 heteroatoms. The summed E-state index contributed by atoms with van der Waals surface area (Å²) in [5, 5.41) is 6.27. The highest BCUT2D eigenvalue weighted by molar-refractivity contribution is 7.11. The number of hydrogen-bond acceptors (Lipinski definition) is 5. The van der Waals surface area contributed by atoms with E-state index in [1.54, 1.807) is 12.6 Å². The number of hydrogen-bond donors (Lipinski definition) is 2. The van der Waals surface area contributed by atoms with Crippen molar-refractivity contribution in [3.8, 4) is 0 Å². The van der Waals surface area contributed by atoms with Crippen LogP contribution in [0.5, 0.6) is 0 Å². The van der Waals surface area contributed by atoms with Crippen LogP contribution in [0.25, 0.3) is 0 Å². The first kappa shape index (κ1) is 12.1. The molecule has 1 aromatic heterocycles. The Kier molecular flexibility index (Phi) is 3.32. The SMILES string of the molecule is CO[C@H]1CNCC1NC(=O)c1scnc1C1CC1. The lowest BCUT2D eigenvalue weighted by atomic mass is 10.2. The number of carbonyl (C=O) groups excluding carboxylic acids is 1. The van der Waals surface area contributed by atoms with Crippen LogP contribution in [0.3, 0.4) is 0 Å². The number of carbonyl (C=O) groups is 1. The summed E-state index contributed by atoms with van der Waals surface area (Å²) in [6.07, 6.45) is 2.39. The topological polar surface area (TPSA) is 63.2 Å². The monoisotopic (exact) mass is 267 g/mol. The molecule has 2 heterocycles. The Balaban J connectivity index is 1.68. The number of thiazole rings is 1. The highest BCUT2D eigenvalue weighted by atomic mass is 32.1. The molecule has 2 aliphatic rings. The highest BCUT2D eigenvalue weighted by Gasteiger charge is 2.33. The lowest BCUT2D eigenvalue weighted by Crippen LogP contribution is -2.43. The maximum absolute atomic E-state index is 12.3. The summed E-state index contributed by atoms with van der Waals surface area (Å²) in [5.74, 6) is 0.507. The van der Waals surface area contributed by atoms with Crippen molar-refractivity contribution in [2.45, 2.75) is 30.9 Å². The molecule has 98 valence electrons. The van der Waals surface area contributed by atoms with Gasteiger partial charge in [-0.15, -0.1) is 11.3 Å². The average Bonchev–Trinajstić information content (AvgIpc) is 2.93. The van der Waals surface area contributed by atoms with Crippen LogP contribution >= 0.6 is 11.3 Å². The molecule has 1 aliphatic carbocycles. The van der Waals surface area contributed by atoms with E-state index in [1.165, 1.54) is 11.3 Å². The summed E-state index contributed by atoms with van der Waals surface area (Å²) in [6.45, 7) is 1.56. The van der Waals surface area contributed by atoms with Crippen molar-refractivity contribution < 1.29 is 9.53 Å². The van der Waals surface area contributed by atoms with Gasteiger partial charge in [0.15, 0.2) is 0 Å². The first-order valence-electron chi connectivity index (χ1n) is 6.27. The molecule has 0 aromatic carbocycles. The molecule has 1 saturated carbocycles. The van der Waals surface area contributed by atoms with Crippen molar-refractivity contribution >= 4 is 17.2 Å². The zero-order valence-electron chi connectivity index (χ0n) is 10.3. The molecule has 0 bridgehead atoms.